The first-order valence-electron chi connectivity index (χ1n) is 12.9. The van der Waals surface area contributed by atoms with Crippen molar-refractivity contribution in [3.63, 3.8) is 0 Å². The van der Waals surface area contributed by atoms with Crippen molar-refractivity contribution in [3.8, 4) is 21.3 Å². The fourth-order valence-corrected chi connectivity index (χ4v) is 6.24. The van der Waals surface area contributed by atoms with Crippen LogP contribution in [0.3, 0.4) is 0 Å². The van der Waals surface area contributed by atoms with Gasteiger partial charge < -0.3 is 19.5 Å². The van der Waals surface area contributed by atoms with Crippen LogP contribution in [0.2, 0.25) is 10.0 Å². The predicted molar refractivity (Wildman–Crippen MR) is 146 cm³/mol. The molecule has 18 heteroatoms. The lowest BCUT2D eigenvalue weighted by atomic mass is 9.90. The number of carboxylic acids is 1. The van der Waals surface area contributed by atoms with Crippen LogP contribution in [0.25, 0.3) is 21.3 Å². The van der Waals surface area contributed by atoms with E-state index in [-0.39, 0.29) is 45.4 Å². The molecule has 1 aromatic carbocycles. The summed E-state index contributed by atoms with van der Waals surface area (Å²) in [4.78, 5) is 31.0. The van der Waals surface area contributed by atoms with Crippen LogP contribution in [0.15, 0.2) is 16.5 Å². The maximum Gasteiger partial charge on any atom is 0.430 e. The quantitative estimate of drug-likeness (QED) is 0.251. The highest BCUT2D eigenvalue weighted by molar-refractivity contribution is 7.18. The molecule has 1 saturated heterocycles. The number of piperidine rings is 1. The van der Waals surface area contributed by atoms with Crippen molar-refractivity contribution in [1.29, 1.82) is 0 Å². The van der Waals surface area contributed by atoms with E-state index in [1.54, 1.807) is 0 Å². The van der Waals surface area contributed by atoms with Crippen molar-refractivity contribution >= 4 is 46.4 Å². The second-order valence-corrected chi connectivity index (χ2v) is 12.7. The van der Waals surface area contributed by atoms with Crippen LogP contribution in [-0.2, 0) is 16.8 Å². The van der Waals surface area contributed by atoms with E-state index >= 15 is 0 Å². The molecular formula is C26H24Cl2F6N4O5S. The van der Waals surface area contributed by atoms with Gasteiger partial charge in [0.2, 0.25) is 5.89 Å². The number of nitrogens with zero attached hydrogens (tertiary/aromatic N) is 4. The lowest BCUT2D eigenvalue weighted by molar-refractivity contribution is -0.376. The maximum absolute atomic E-state index is 13.7. The van der Waals surface area contributed by atoms with Crippen LogP contribution in [0.4, 0.5) is 26.3 Å². The Hall–Kier alpha value is -2.95. The van der Waals surface area contributed by atoms with Gasteiger partial charge in [0, 0.05) is 30.1 Å². The smallest absolute Gasteiger partial charge is 0.430 e. The normalized spacial score (nSPS) is 16.8. The number of likely N-dealkylation sites (tertiary alicyclic amines) is 1. The van der Waals surface area contributed by atoms with Crippen molar-refractivity contribution in [3.05, 3.63) is 39.3 Å². The van der Waals surface area contributed by atoms with Crippen LogP contribution in [-0.4, -0.2) is 67.1 Å². The third-order valence-corrected chi connectivity index (χ3v) is 9.21. The molecule has 44 heavy (non-hydrogen) atoms. The fourth-order valence-electron chi connectivity index (χ4n) is 4.61. The molecule has 1 unspecified atom stereocenters. The molecule has 0 aliphatic carbocycles. The van der Waals surface area contributed by atoms with E-state index in [9.17, 15) is 46.1 Å². The summed E-state index contributed by atoms with van der Waals surface area (Å²) in [6.45, 7) is 5.04. The van der Waals surface area contributed by atoms with Gasteiger partial charge in [0.1, 0.15) is 5.69 Å². The van der Waals surface area contributed by atoms with Gasteiger partial charge >= 0.3 is 18.3 Å². The summed E-state index contributed by atoms with van der Waals surface area (Å²) >= 11 is 13.0. The number of halogens is 8. The van der Waals surface area contributed by atoms with Crippen LogP contribution in [0.1, 0.15) is 62.0 Å². The summed E-state index contributed by atoms with van der Waals surface area (Å²) in [5.74, 6) is -2.01. The number of aliphatic hydroxyl groups is 1. The van der Waals surface area contributed by atoms with Gasteiger partial charge in [0.25, 0.3) is 17.4 Å². The zero-order valence-electron chi connectivity index (χ0n) is 23.1. The van der Waals surface area contributed by atoms with Crippen molar-refractivity contribution in [2.45, 2.75) is 70.4 Å². The molecule has 0 saturated carbocycles. The summed E-state index contributed by atoms with van der Waals surface area (Å²) in [5, 5.41) is 24.9. The van der Waals surface area contributed by atoms with Gasteiger partial charge in [0.05, 0.1) is 20.3 Å². The molecule has 2 N–H and O–H groups in total. The third kappa shape index (κ3) is 6.00. The standard InChI is InChI=1S/C26H24Cl2F6N4O5S/c1-11-6-4-5-9-38(11)21(39)17-18(44-20(35-17)19-37-36-14(43-19)10-23(2,3)22(40)41)12-7-8-13(16(28)15(12)27)24(42,25(29,30)31)26(32,33)34/h7-8,11,42H,4-6,9-10H2,1-3H3,(H,40,41). The van der Waals surface area contributed by atoms with Crippen LogP contribution in [0, 0.1) is 5.41 Å². The third-order valence-electron chi connectivity index (χ3n) is 7.25. The topological polar surface area (TPSA) is 130 Å². The van der Waals surface area contributed by atoms with Gasteiger partial charge in [-0.2, -0.15) is 26.3 Å². The Bertz CT molecular complexity index is 1580. The minimum atomic E-state index is -6.21. The first-order chi connectivity index (χ1) is 20.2. The van der Waals surface area contributed by atoms with Crippen LogP contribution < -0.4 is 0 Å². The fraction of sp³-hybridized carbons (Fsp3) is 0.500. The summed E-state index contributed by atoms with van der Waals surface area (Å²) in [7, 11) is 0. The van der Waals surface area contributed by atoms with Gasteiger partial charge in [0.15, 0.2) is 5.01 Å². The highest BCUT2D eigenvalue weighted by Crippen LogP contribution is 2.54. The zero-order chi connectivity index (χ0) is 33.0. The lowest BCUT2D eigenvalue weighted by Gasteiger charge is -2.34. The van der Waals surface area contributed by atoms with Crippen molar-refractivity contribution in [1.82, 2.24) is 20.1 Å². The average Bonchev–Trinajstić information content (AvgIpc) is 3.55. The summed E-state index contributed by atoms with van der Waals surface area (Å²) in [6, 6.07) is 0.895. The monoisotopic (exact) mass is 688 g/mol. The molecule has 2 aromatic heterocycles. The van der Waals surface area contributed by atoms with Crippen LogP contribution >= 0.6 is 34.5 Å². The largest absolute Gasteiger partial charge is 0.481 e. The number of carbonyl (C=O) groups is 2. The first-order valence-corrected chi connectivity index (χ1v) is 14.5. The Morgan fingerprint density at radius 3 is 2.27 bits per heavy atom. The maximum atomic E-state index is 13.7. The van der Waals surface area contributed by atoms with Gasteiger partial charge in [-0.3, -0.25) is 9.59 Å². The predicted octanol–water partition coefficient (Wildman–Crippen LogP) is 7.15. The van der Waals surface area contributed by atoms with E-state index in [0.29, 0.717) is 25.5 Å². The van der Waals surface area contributed by atoms with Crippen molar-refractivity contribution in [2.24, 2.45) is 5.41 Å². The Kier molecular flexibility index (Phi) is 9.07. The van der Waals surface area contributed by atoms with Gasteiger partial charge in [-0.1, -0.05) is 35.3 Å². The van der Waals surface area contributed by atoms with Crippen molar-refractivity contribution in [2.75, 3.05) is 6.54 Å². The number of carboxylic acid groups (broad SMARTS) is 1. The molecule has 4 rings (SSSR count). The summed E-state index contributed by atoms with van der Waals surface area (Å²) in [6.07, 6.45) is -10.4. The highest BCUT2D eigenvalue weighted by atomic mass is 35.5. The second-order valence-electron chi connectivity index (χ2n) is 10.9. The van der Waals surface area contributed by atoms with E-state index in [0.717, 1.165) is 23.8 Å². The molecule has 1 aliphatic rings. The summed E-state index contributed by atoms with van der Waals surface area (Å²) < 4.78 is 87.1. The zero-order valence-corrected chi connectivity index (χ0v) is 25.4. The Morgan fingerprint density at radius 1 is 1.07 bits per heavy atom. The lowest BCUT2D eigenvalue weighted by Crippen LogP contribution is -2.54. The average molecular weight is 689 g/mol. The van der Waals surface area contributed by atoms with Gasteiger partial charge in [-0.15, -0.1) is 21.5 Å². The number of hydrogen-bond donors (Lipinski definition) is 2. The second kappa shape index (κ2) is 11.8. The Morgan fingerprint density at radius 2 is 1.70 bits per heavy atom. The molecule has 3 heterocycles. The molecule has 0 bridgehead atoms. The number of amides is 1. The number of aliphatic carboxylic acids is 1. The van der Waals surface area contributed by atoms with E-state index in [2.05, 4.69) is 15.2 Å². The number of carbonyl (C=O) groups excluding carboxylic acids is 1. The molecule has 1 aliphatic heterocycles. The number of benzene rings is 1. The number of alkyl halides is 6. The molecule has 240 valence electrons. The number of thiazole rings is 1. The Balaban J connectivity index is 1.87. The number of rotatable bonds is 7. The summed E-state index contributed by atoms with van der Waals surface area (Å²) in [5.41, 5.74) is -8.86. The minimum Gasteiger partial charge on any atom is -0.481 e. The number of aromatic nitrogens is 3. The molecule has 1 fully saturated rings. The van der Waals surface area contributed by atoms with E-state index in [1.807, 2.05) is 6.92 Å². The van der Waals surface area contributed by atoms with E-state index in [4.69, 9.17) is 27.6 Å². The SMILES string of the molecule is CC1CCCCN1C(=O)c1nc(-c2nnc(CC(C)(C)C(=O)O)o2)sc1-c1ccc(C(O)(C(F)(F)F)C(F)(F)F)c(Cl)c1Cl. The van der Waals surface area contributed by atoms with E-state index in [1.165, 1.54) is 18.7 Å². The molecule has 0 radical (unpaired) electrons. The van der Waals surface area contributed by atoms with Gasteiger partial charge in [-0.25, -0.2) is 4.98 Å². The Labute approximate surface area is 259 Å². The minimum absolute atomic E-state index is 0.0572. The highest BCUT2D eigenvalue weighted by Gasteiger charge is 2.72. The van der Waals surface area contributed by atoms with Gasteiger partial charge in [-0.05, 0) is 40.0 Å². The molecule has 9 nitrogen and oxygen atoms in total. The first kappa shape index (κ1) is 33.9. The molecule has 1 atom stereocenters. The molecule has 1 amide bonds. The van der Waals surface area contributed by atoms with Crippen LogP contribution in [0.5, 0.6) is 0 Å². The van der Waals surface area contributed by atoms with E-state index < -0.39 is 50.9 Å². The molecule has 3 aromatic rings. The molecular weight excluding hydrogens is 665 g/mol. The molecule has 0 spiro atoms. The van der Waals surface area contributed by atoms with Crippen molar-refractivity contribution < 1.29 is 50.6 Å². The number of hydrogen-bond acceptors (Lipinski definition) is 8.